The number of rotatable bonds is 5. The Morgan fingerprint density at radius 3 is 1.17 bits per heavy atom. The molecular weight excluding hydrogens is 1120 g/mol. The highest BCUT2D eigenvalue weighted by atomic mass is 16.5. The van der Waals surface area contributed by atoms with Crippen LogP contribution < -0.4 is 9.47 Å². The van der Waals surface area contributed by atoms with E-state index >= 15 is 0 Å². The molecule has 0 aliphatic carbocycles. The summed E-state index contributed by atoms with van der Waals surface area (Å²) in [6.07, 6.45) is 0. The summed E-state index contributed by atoms with van der Waals surface area (Å²) in [7, 11) is 0. The van der Waals surface area contributed by atoms with Crippen LogP contribution in [-0.2, 0) is 0 Å². The Morgan fingerprint density at radius 2 is 0.630 bits per heavy atom. The van der Waals surface area contributed by atoms with E-state index in [-0.39, 0.29) is 0 Å². The van der Waals surface area contributed by atoms with Crippen LogP contribution in [0.1, 0.15) is 11.1 Å². The second kappa shape index (κ2) is 19.9. The summed E-state index contributed by atoms with van der Waals surface area (Å²) in [5, 5.41) is 41.0. The fraction of sp³-hybridized carbons (Fsp3) is 0. The first-order valence-corrected chi connectivity index (χ1v) is 31.0. The van der Waals surface area contributed by atoms with Crippen molar-refractivity contribution in [1.82, 2.24) is 4.98 Å². The second-order valence-electron chi connectivity index (χ2n) is 24.3. The Balaban J connectivity index is 0.000000132. The Morgan fingerprint density at radius 1 is 0.228 bits per heavy atom. The van der Waals surface area contributed by atoms with Gasteiger partial charge in [-0.05, 0) is 246 Å². The van der Waals surface area contributed by atoms with Crippen LogP contribution in [0, 0.1) is 22.7 Å². The van der Waals surface area contributed by atoms with Crippen LogP contribution in [0.25, 0.3) is 175 Å². The van der Waals surface area contributed by atoms with Gasteiger partial charge in [0.05, 0.1) is 34.7 Å². The normalized spacial score (nSPS) is 12.1. The molecule has 2 aliphatic heterocycles. The molecule has 2 aliphatic rings. The van der Waals surface area contributed by atoms with E-state index in [1.807, 2.05) is 48.5 Å². The van der Waals surface area contributed by atoms with Crippen LogP contribution in [0.4, 0.5) is 0 Å². The molecule has 0 unspecified atom stereocenters. The van der Waals surface area contributed by atoms with E-state index in [2.05, 4.69) is 249 Å². The van der Waals surface area contributed by atoms with Gasteiger partial charge < -0.3 is 9.47 Å². The van der Waals surface area contributed by atoms with Crippen molar-refractivity contribution in [1.29, 1.82) is 10.5 Å². The lowest BCUT2D eigenvalue weighted by Crippen LogP contribution is -1.98. The quantitative estimate of drug-likeness (QED) is 0.160. The lowest BCUT2D eigenvalue weighted by molar-refractivity contribution is 0.486. The predicted molar refractivity (Wildman–Crippen MR) is 378 cm³/mol. The first kappa shape index (κ1) is 51.4. The molecule has 422 valence electrons. The van der Waals surface area contributed by atoms with Crippen LogP contribution in [0.2, 0.25) is 0 Å². The minimum Gasteiger partial charge on any atom is -0.456 e. The van der Waals surface area contributed by atoms with Crippen molar-refractivity contribution in [3.8, 4) is 113 Å². The molecule has 0 amide bonds. The zero-order valence-electron chi connectivity index (χ0n) is 49.3. The van der Waals surface area contributed by atoms with E-state index in [9.17, 15) is 10.5 Å². The number of hydrogen-bond donors (Lipinski definition) is 0. The highest BCUT2D eigenvalue weighted by Gasteiger charge is 2.25. The van der Waals surface area contributed by atoms with Crippen molar-refractivity contribution in [2.45, 2.75) is 0 Å². The highest BCUT2D eigenvalue weighted by Crippen LogP contribution is 2.52. The van der Waals surface area contributed by atoms with Crippen LogP contribution >= 0.6 is 0 Å². The predicted octanol–water partition coefficient (Wildman–Crippen LogP) is 23.6. The molecule has 17 aromatic carbocycles. The molecule has 3 heterocycles. The van der Waals surface area contributed by atoms with Gasteiger partial charge in [0.15, 0.2) is 0 Å². The Kier molecular flexibility index (Phi) is 11.1. The summed E-state index contributed by atoms with van der Waals surface area (Å²) in [6, 6.07) is 106. The second-order valence-corrected chi connectivity index (χ2v) is 24.3. The van der Waals surface area contributed by atoms with Crippen LogP contribution in [0.3, 0.4) is 0 Å². The maximum absolute atomic E-state index is 9.42. The average Bonchev–Trinajstić information content (AvgIpc) is 0.800. The van der Waals surface area contributed by atoms with Gasteiger partial charge in [0, 0.05) is 33.0 Å². The first-order chi connectivity index (χ1) is 45.4. The number of ether oxygens (including phenoxy) is 2. The molecule has 0 saturated heterocycles. The molecule has 0 N–H and O–H groups in total. The first-order valence-electron chi connectivity index (χ1n) is 31.0. The molecule has 0 atom stereocenters. The smallest absolute Gasteiger partial charge is 0.136 e. The molecule has 1 aromatic heterocycles. The Bertz CT molecular complexity index is 6160. The summed E-state index contributed by atoms with van der Waals surface area (Å²) in [4.78, 5) is 5.04. The third kappa shape index (κ3) is 8.00. The van der Waals surface area contributed by atoms with Crippen molar-refractivity contribution < 1.29 is 9.47 Å². The standard InChI is InChI=1S/C44H24N2O.C43H23NO/c45-25-26-12-17-35-37-19-18-34(36-8-4-11-40(44(36)37)47-41(35)20-26)32-21-28-13-15-30-23-33(24-31-16-14-29(22-32)42(28)43(30)31)39-10-5-9-38(46-39)27-6-2-1-3-7-27;44-24-25-8-15-36-38-7-3-6-37-35(16-17-39(43(37)38)45-40(36)18-25)34-22-31-13-11-29-20-33(21-30-12-14-32(23-34)42(31)41(29)30)28-10-9-26-4-1-2-5-27(26)19-28/h1-24H;1-23H. The van der Waals surface area contributed by atoms with Crippen molar-refractivity contribution in [2.75, 3.05) is 0 Å². The molecule has 18 aromatic rings. The highest BCUT2D eigenvalue weighted by molar-refractivity contribution is 6.27. The SMILES string of the molecule is N#Cc1ccc2c(c1)Oc1ccc(-c3cc4ccc5cc(-c6ccc7ccccc7c6)cc6ccc(c3)c4c56)c3cccc-2c13.N#Cc1ccc2c(c1)Oc1cccc3c(-c4cc5ccc6cc(-c7cccc(-c8ccccc8)n7)cc7ccc(c4)c5c67)ccc-2c13. The molecule has 20 rings (SSSR count). The lowest BCUT2D eigenvalue weighted by atomic mass is 9.87. The van der Waals surface area contributed by atoms with E-state index in [1.54, 1.807) is 0 Å². The van der Waals surface area contributed by atoms with Crippen molar-refractivity contribution in [3.05, 3.63) is 296 Å². The van der Waals surface area contributed by atoms with E-state index in [1.165, 1.54) is 109 Å². The van der Waals surface area contributed by atoms with E-state index in [4.69, 9.17) is 14.5 Å². The van der Waals surface area contributed by atoms with E-state index < -0.39 is 0 Å². The summed E-state index contributed by atoms with van der Waals surface area (Å²) >= 11 is 0. The summed E-state index contributed by atoms with van der Waals surface area (Å²) in [6.45, 7) is 0. The molecule has 5 nitrogen and oxygen atoms in total. The number of nitrogens with zero attached hydrogens (tertiary/aromatic N) is 3. The largest absolute Gasteiger partial charge is 0.456 e. The van der Waals surface area contributed by atoms with Gasteiger partial charge in [-0.1, -0.05) is 170 Å². The molecule has 0 spiro atoms. The lowest BCUT2D eigenvalue weighted by Gasteiger charge is -2.23. The topological polar surface area (TPSA) is 78.9 Å². The van der Waals surface area contributed by atoms with E-state index in [0.717, 1.165) is 89.3 Å². The fourth-order valence-electron chi connectivity index (χ4n) is 14.9. The summed E-state index contributed by atoms with van der Waals surface area (Å²) in [5.74, 6) is 3.10. The van der Waals surface area contributed by atoms with Gasteiger partial charge in [-0.3, -0.25) is 0 Å². The number of fused-ring (bicyclic) bond motifs is 5. The van der Waals surface area contributed by atoms with E-state index in [0.29, 0.717) is 11.1 Å². The zero-order chi connectivity index (χ0) is 60.7. The molecule has 92 heavy (non-hydrogen) atoms. The van der Waals surface area contributed by atoms with Gasteiger partial charge in [0.1, 0.15) is 23.0 Å². The third-order valence-corrected chi connectivity index (χ3v) is 19.1. The minimum absolute atomic E-state index is 0.593. The number of pyridine rings is 1. The number of aromatic nitrogens is 1. The molecule has 0 saturated carbocycles. The Hall–Kier alpha value is -12.7. The van der Waals surface area contributed by atoms with Gasteiger partial charge in [-0.25, -0.2) is 4.98 Å². The minimum atomic E-state index is 0.593. The van der Waals surface area contributed by atoms with Crippen LogP contribution in [-0.4, -0.2) is 4.98 Å². The van der Waals surface area contributed by atoms with Crippen LogP contribution in [0.15, 0.2) is 285 Å². The van der Waals surface area contributed by atoms with Crippen LogP contribution in [0.5, 0.6) is 23.0 Å². The van der Waals surface area contributed by atoms with Gasteiger partial charge in [-0.15, -0.1) is 0 Å². The van der Waals surface area contributed by atoms with Crippen molar-refractivity contribution in [3.63, 3.8) is 0 Å². The third-order valence-electron chi connectivity index (χ3n) is 19.1. The van der Waals surface area contributed by atoms with Gasteiger partial charge in [0.25, 0.3) is 0 Å². The summed E-state index contributed by atoms with van der Waals surface area (Å²) < 4.78 is 12.7. The van der Waals surface area contributed by atoms with Gasteiger partial charge in [-0.2, -0.15) is 10.5 Å². The van der Waals surface area contributed by atoms with Gasteiger partial charge >= 0.3 is 0 Å². The molecule has 0 fully saturated rings. The maximum Gasteiger partial charge on any atom is 0.136 e. The fourth-order valence-corrected chi connectivity index (χ4v) is 14.9. The van der Waals surface area contributed by atoms with Crippen molar-refractivity contribution in [2.24, 2.45) is 0 Å². The molecule has 0 bridgehead atoms. The van der Waals surface area contributed by atoms with Gasteiger partial charge in [0.2, 0.25) is 0 Å². The molecule has 5 heteroatoms. The Labute approximate surface area is 528 Å². The monoisotopic (exact) mass is 1170 g/mol. The maximum atomic E-state index is 9.42. The van der Waals surface area contributed by atoms with Crippen molar-refractivity contribution >= 4 is 97.0 Å². The number of nitriles is 2. The molecular formula is C87H47N3O2. The molecule has 0 radical (unpaired) electrons. The number of hydrogen-bond acceptors (Lipinski definition) is 5. The number of benzene rings is 17. The average molecular weight is 1170 g/mol. The summed E-state index contributed by atoms with van der Waals surface area (Å²) in [5.41, 5.74) is 16.8. The zero-order valence-corrected chi connectivity index (χ0v) is 49.3.